The first-order valence-corrected chi connectivity index (χ1v) is 10.3. The predicted molar refractivity (Wildman–Crippen MR) is 104 cm³/mol. The van der Waals surface area contributed by atoms with E-state index >= 15 is 0 Å². The fraction of sp³-hybridized carbons (Fsp3) is 0.611. The zero-order chi connectivity index (χ0) is 18.9. The molecule has 1 unspecified atom stereocenters. The van der Waals surface area contributed by atoms with Crippen LogP contribution in [0.25, 0.3) is 0 Å². The number of ether oxygens (including phenoxy) is 1. The summed E-state index contributed by atoms with van der Waals surface area (Å²) in [6, 6.07) is 10.1. The Kier molecular flexibility index (Phi) is 8.38. The van der Waals surface area contributed by atoms with Crippen LogP contribution in [0.5, 0.6) is 0 Å². The SMILES string of the molecule is CN=C(NCC(C)COCc1ccccc1)NCC(C)(C)S(C)(=O)=O. The number of nitrogens with one attached hydrogen (secondary N) is 2. The Morgan fingerprint density at radius 1 is 1.24 bits per heavy atom. The van der Waals surface area contributed by atoms with Gasteiger partial charge in [-0.3, -0.25) is 4.99 Å². The fourth-order valence-electron chi connectivity index (χ4n) is 1.93. The molecule has 0 aliphatic heterocycles. The van der Waals surface area contributed by atoms with E-state index in [1.165, 1.54) is 6.26 Å². The minimum Gasteiger partial charge on any atom is -0.376 e. The topological polar surface area (TPSA) is 79.8 Å². The molecule has 0 saturated heterocycles. The number of hydrogen-bond acceptors (Lipinski definition) is 4. The summed E-state index contributed by atoms with van der Waals surface area (Å²) < 4.78 is 28.4. The maximum absolute atomic E-state index is 11.7. The summed E-state index contributed by atoms with van der Waals surface area (Å²) in [4.78, 5) is 4.13. The Bertz CT molecular complexity index is 643. The van der Waals surface area contributed by atoms with E-state index in [1.54, 1.807) is 20.9 Å². The summed E-state index contributed by atoms with van der Waals surface area (Å²) in [6.07, 6.45) is 1.25. The molecule has 2 N–H and O–H groups in total. The van der Waals surface area contributed by atoms with Crippen molar-refractivity contribution in [2.24, 2.45) is 10.9 Å². The molecule has 1 aromatic rings. The lowest BCUT2D eigenvalue weighted by Gasteiger charge is -2.24. The molecule has 0 aromatic heterocycles. The second kappa shape index (κ2) is 9.77. The van der Waals surface area contributed by atoms with Crippen molar-refractivity contribution in [1.82, 2.24) is 10.6 Å². The van der Waals surface area contributed by atoms with E-state index in [1.807, 2.05) is 30.3 Å². The second-order valence-corrected chi connectivity index (χ2v) is 9.59. The molecule has 0 bridgehead atoms. The summed E-state index contributed by atoms with van der Waals surface area (Å²) in [7, 11) is -1.48. The van der Waals surface area contributed by atoms with Crippen LogP contribution in [0.4, 0.5) is 0 Å². The number of rotatable bonds is 9. The van der Waals surface area contributed by atoms with E-state index in [2.05, 4.69) is 22.5 Å². The van der Waals surface area contributed by atoms with Crippen LogP contribution >= 0.6 is 0 Å². The zero-order valence-corrected chi connectivity index (χ0v) is 16.7. The molecule has 0 fully saturated rings. The maximum Gasteiger partial charge on any atom is 0.191 e. The van der Waals surface area contributed by atoms with Gasteiger partial charge in [-0.05, 0) is 25.3 Å². The Morgan fingerprint density at radius 2 is 1.88 bits per heavy atom. The molecule has 7 heteroatoms. The molecule has 1 aromatic carbocycles. The molecule has 0 amide bonds. The molecular formula is C18H31N3O3S. The monoisotopic (exact) mass is 369 g/mol. The van der Waals surface area contributed by atoms with E-state index < -0.39 is 14.6 Å². The number of guanidine groups is 1. The van der Waals surface area contributed by atoms with Crippen LogP contribution < -0.4 is 10.6 Å². The van der Waals surface area contributed by atoms with Gasteiger partial charge in [0.15, 0.2) is 15.8 Å². The smallest absolute Gasteiger partial charge is 0.191 e. The van der Waals surface area contributed by atoms with Crippen LogP contribution in [0.3, 0.4) is 0 Å². The highest BCUT2D eigenvalue weighted by atomic mass is 32.2. The third-order valence-corrected chi connectivity index (χ3v) is 6.19. The summed E-state index contributed by atoms with van der Waals surface area (Å²) in [5, 5.41) is 6.28. The predicted octanol–water partition coefficient (Wildman–Crippen LogP) is 1.83. The molecule has 1 atom stereocenters. The molecule has 0 saturated carbocycles. The Hall–Kier alpha value is -1.60. The minimum absolute atomic E-state index is 0.296. The first kappa shape index (κ1) is 21.4. The van der Waals surface area contributed by atoms with Crippen LogP contribution in [0.2, 0.25) is 0 Å². The third kappa shape index (κ3) is 7.88. The molecular weight excluding hydrogens is 338 g/mol. The maximum atomic E-state index is 11.7. The van der Waals surface area contributed by atoms with Gasteiger partial charge in [0.25, 0.3) is 0 Å². The van der Waals surface area contributed by atoms with Crippen molar-refractivity contribution in [1.29, 1.82) is 0 Å². The highest BCUT2D eigenvalue weighted by Crippen LogP contribution is 2.13. The molecule has 0 heterocycles. The lowest BCUT2D eigenvalue weighted by atomic mass is 10.2. The lowest BCUT2D eigenvalue weighted by Crippen LogP contribution is -2.48. The third-order valence-electron chi connectivity index (χ3n) is 4.04. The van der Waals surface area contributed by atoms with E-state index in [-0.39, 0.29) is 0 Å². The van der Waals surface area contributed by atoms with Crippen LogP contribution in [0.1, 0.15) is 26.3 Å². The van der Waals surface area contributed by atoms with Crippen LogP contribution in [0.15, 0.2) is 35.3 Å². The van der Waals surface area contributed by atoms with Crippen molar-refractivity contribution in [2.75, 3.05) is 33.0 Å². The van der Waals surface area contributed by atoms with Gasteiger partial charge in [0.2, 0.25) is 0 Å². The molecule has 1 rings (SSSR count). The van der Waals surface area contributed by atoms with Crippen LogP contribution in [0, 0.1) is 5.92 Å². The first-order chi connectivity index (χ1) is 11.7. The van der Waals surface area contributed by atoms with Crippen molar-refractivity contribution >= 4 is 15.8 Å². The van der Waals surface area contributed by atoms with Crippen molar-refractivity contribution < 1.29 is 13.2 Å². The molecule has 142 valence electrons. The van der Waals surface area contributed by atoms with Gasteiger partial charge in [0, 0.05) is 26.4 Å². The molecule has 25 heavy (non-hydrogen) atoms. The van der Waals surface area contributed by atoms with E-state index in [9.17, 15) is 8.42 Å². The number of hydrogen-bond donors (Lipinski definition) is 2. The number of aliphatic imine (C=N–C) groups is 1. The van der Waals surface area contributed by atoms with Gasteiger partial charge in [-0.25, -0.2) is 8.42 Å². The summed E-state index contributed by atoms with van der Waals surface area (Å²) in [6.45, 7) is 7.70. The summed E-state index contributed by atoms with van der Waals surface area (Å²) >= 11 is 0. The second-order valence-electron chi connectivity index (χ2n) is 6.94. The van der Waals surface area contributed by atoms with Gasteiger partial charge in [-0.15, -0.1) is 0 Å². The standard InChI is InChI=1S/C18H31N3O3S/c1-15(12-24-13-16-9-7-6-8-10-16)11-20-17(19-4)21-14-18(2,3)25(5,22)23/h6-10,15H,11-14H2,1-5H3,(H2,19,20,21). The van der Waals surface area contributed by atoms with Crippen molar-refractivity contribution in [3.8, 4) is 0 Å². The highest BCUT2D eigenvalue weighted by molar-refractivity contribution is 7.92. The number of benzene rings is 1. The van der Waals surface area contributed by atoms with Gasteiger partial charge < -0.3 is 15.4 Å². The van der Waals surface area contributed by atoms with E-state index in [0.717, 1.165) is 5.56 Å². The van der Waals surface area contributed by atoms with Gasteiger partial charge in [-0.1, -0.05) is 37.3 Å². The van der Waals surface area contributed by atoms with Crippen LogP contribution in [-0.2, 0) is 21.2 Å². The average Bonchev–Trinajstić information content (AvgIpc) is 2.55. The zero-order valence-electron chi connectivity index (χ0n) is 15.9. The van der Waals surface area contributed by atoms with Gasteiger partial charge in [-0.2, -0.15) is 0 Å². The normalized spacial score (nSPS) is 14.2. The average molecular weight is 370 g/mol. The molecule has 0 aliphatic carbocycles. The highest BCUT2D eigenvalue weighted by Gasteiger charge is 2.30. The Labute approximate surface area is 152 Å². The Morgan fingerprint density at radius 3 is 2.44 bits per heavy atom. The molecule has 0 spiro atoms. The van der Waals surface area contributed by atoms with Crippen molar-refractivity contribution in [2.45, 2.75) is 32.1 Å². The molecule has 0 aliphatic rings. The summed E-state index contributed by atoms with van der Waals surface area (Å²) in [5.74, 6) is 0.886. The van der Waals surface area contributed by atoms with Gasteiger partial charge >= 0.3 is 0 Å². The van der Waals surface area contributed by atoms with Gasteiger partial charge in [0.1, 0.15) is 0 Å². The van der Waals surface area contributed by atoms with Crippen molar-refractivity contribution in [3.05, 3.63) is 35.9 Å². The largest absolute Gasteiger partial charge is 0.376 e. The fourth-order valence-corrected chi connectivity index (χ4v) is 2.26. The lowest BCUT2D eigenvalue weighted by molar-refractivity contribution is 0.0931. The van der Waals surface area contributed by atoms with Crippen molar-refractivity contribution in [3.63, 3.8) is 0 Å². The van der Waals surface area contributed by atoms with E-state index in [0.29, 0.717) is 38.2 Å². The molecule has 6 nitrogen and oxygen atoms in total. The minimum atomic E-state index is -3.14. The number of sulfone groups is 1. The Balaban J connectivity index is 2.32. The summed E-state index contributed by atoms with van der Waals surface area (Å²) in [5.41, 5.74) is 1.16. The van der Waals surface area contributed by atoms with E-state index in [4.69, 9.17) is 4.74 Å². The number of nitrogens with zero attached hydrogens (tertiary/aromatic N) is 1. The first-order valence-electron chi connectivity index (χ1n) is 8.41. The quantitative estimate of drug-likeness (QED) is 0.513. The van der Waals surface area contributed by atoms with Gasteiger partial charge in [0.05, 0.1) is 18.0 Å². The molecule has 0 radical (unpaired) electrons. The van der Waals surface area contributed by atoms with Crippen LogP contribution in [-0.4, -0.2) is 52.1 Å².